The quantitative estimate of drug-likeness (QED) is 0.532. The van der Waals surface area contributed by atoms with Crippen molar-refractivity contribution >= 4 is 16.7 Å². The van der Waals surface area contributed by atoms with Gasteiger partial charge >= 0.3 is 0 Å². The maximum atomic E-state index is 10.6. The first-order valence-corrected chi connectivity index (χ1v) is 6.00. The van der Waals surface area contributed by atoms with Gasteiger partial charge in [0.25, 0.3) is 5.69 Å². The molecule has 0 unspecified atom stereocenters. The van der Waals surface area contributed by atoms with Crippen LogP contribution < -0.4 is 4.74 Å². The van der Waals surface area contributed by atoms with E-state index < -0.39 is 4.92 Å². The normalized spacial score (nSPS) is 10.7. The number of hydrogen-bond donors (Lipinski definition) is 0. The maximum Gasteiger partial charge on any atom is 0.269 e. The van der Waals surface area contributed by atoms with Crippen LogP contribution in [-0.4, -0.2) is 12.0 Å². The van der Waals surface area contributed by atoms with Gasteiger partial charge in [0.1, 0.15) is 17.1 Å². The molecule has 20 heavy (non-hydrogen) atoms. The van der Waals surface area contributed by atoms with E-state index in [2.05, 4.69) is 0 Å². The molecule has 5 nitrogen and oxygen atoms in total. The van der Waals surface area contributed by atoms with Gasteiger partial charge in [-0.25, -0.2) is 0 Å². The van der Waals surface area contributed by atoms with Gasteiger partial charge in [-0.05, 0) is 36.4 Å². The molecular weight excluding hydrogens is 258 g/mol. The van der Waals surface area contributed by atoms with Gasteiger partial charge in [-0.1, -0.05) is 0 Å². The minimum atomic E-state index is -0.423. The predicted octanol–water partition coefficient (Wildman–Crippen LogP) is 4.02. The summed E-state index contributed by atoms with van der Waals surface area (Å²) in [4.78, 5) is 10.2. The van der Waals surface area contributed by atoms with Crippen LogP contribution in [0.25, 0.3) is 22.3 Å². The van der Waals surface area contributed by atoms with Crippen LogP contribution in [0.3, 0.4) is 0 Å². The Morgan fingerprint density at radius 1 is 1.10 bits per heavy atom. The number of nitrogens with zero attached hydrogens (tertiary/aromatic N) is 1. The van der Waals surface area contributed by atoms with Gasteiger partial charge in [0.05, 0.1) is 12.0 Å². The number of nitro benzene ring substituents is 1. The number of methoxy groups -OCH3 is 1. The Bertz CT molecular complexity index is 774. The van der Waals surface area contributed by atoms with E-state index in [0.29, 0.717) is 5.76 Å². The van der Waals surface area contributed by atoms with Crippen LogP contribution in [0, 0.1) is 10.1 Å². The molecule has 0 aliphatic carbocycles. The van der Waals surface area contributed by atoms with Gasteiger partial charge < -0.3 is 9.15 Å². The van der Waals surface area contributed by atoms with Crippen molar-refractivity contribution in [2.75, 3.05) is 7.11 Å². The van der Waals surface area contributed by atoms with Crippen LogP contribution >= 0.6 is 0 Å². The summed E-state index contributed by atoms with van der Waals surface area (Å²) in [6.07, 6.45) is 0. The van der Waals surface area contributed by atoms with Crippen molar-refractivity contribution in [2.24, 2.45) is 0 Å². The first-order chi connectivity index (χ1) is 9.67. The van der Waals surface area contributed by atoms with E-state index in [1.807, 2.05) is 24.3 Å². The summed E-state index contributed by atoms with van der Waals surface area (Å²) in [5, 5.41) is 11.6. The Labute approximate surface area is 114 Å². The zero-order valence-electron chi connectivity index (χ0n) is 10.7. The highest BCUT2D eigenvalue weighted by Crippen LogP contribution is 2.30. The molecule has 0 amide bonds. The van der Waals surface area contributed by atoms with Gasteiger partial charge in [-0.2, -0.15) is 0 Å². The molecule has 3 rings (SSSR count). The smallest absolute Gasteiger partial charge is 0.269 e. The molecule has 2 aromatic carbocycles. The first-order valence-electron chi connectivity index (χ1n) is 6.00. The molecule has 3 aromatic rings. The molecule has 0 radical (unpaired) electrons. The zero-order valence-corrected chi connectivity index (χ0v) is 10.7. The molecule has 5 heteroatoms. The van der Waals surface area contributed by atoms with E-state index in [1.54, 1.807) is 19.2 Å². The molecule has 0 aliphatic heterocycles. The van der Waals surface area contributed by atoms with Crippen molar-refractivity contribution < 1.29 is 14.1 Å². The molecule has 0 spiro atoms. The van der Waals surface area contributed by atoms with Crippen LogP contribution in [0.4, 0.5) is 5.69 Å². The molecule has 0 bridgehead atoms. The molecule has 0 saturated carbocycles. The second kappa shape index (κ2) is 4.70. The van der Waals surface area contributed by atoms with E-state index in [-0.39, 0.29) is 5.69 Å². The van der Waals surface area contributed by atoms with Crippen molar-refractivity contribution in [3.8, 4) is 17.1 Å². The fraction of sp³-hybridized carbons (Fsp3) is 0.0667. The lowest BCUT2D eigenvalue weighted by Gasteiger charge is -1.96. The summed E-state index contributed by atoms with van der Waals surface area (Å²) in [5.74, 6) is 1.43. The van der Waals surface area contributed by atoms with Gasteiger partial charge in [0.15, 0.2) is 0 Å². The second-order valence-electron chi connectivity index (χ2n) is 4.32. The van der Waals surface area contributed by atoms with Crippen LogP contribution in [-0.2, 0) is 0 Å². The van der Waals surface area contributed by atoms with Crippen molar-refractivity contribution in [2.45, 2.75) is 0 Å². The van der Waals surface area contributed by atoms with Crippen LogP contribution in [0.2, 0.25) is 0 Å². The van der Waals surface area contributed by atoms with Crippen molar-refractivity contribution in [1.82, 2.24) is 0 Å². The average Bonchev–Trinajstić information content (AvgIpc) is 2.90. The van der Waals surface area contributed by atoms with E-state index in [9.17, 15) is 10.1 Å². The largest absolute Gasteiger partial charge is 0.497 e. The summed E-state index contributed by atoms with van der Waals surface area (Å²) in [6.45, 7) is 0. The van der Waals surface area contributed by atoms with Gasteiger partial charge in [0.2, 0.25) is 0 Å². The molecule has 100 valence electrons. The Kier molecular flexibility index (Phi) is 2.87. The molecule has 0 atom stereocenters. The number of ether oxygens (including phenoxy) is 1. The average molecular weight is 269 g/mol. The van der Waals surface area contributed by atoms with Gasteiger partial charge in [0, 0.05) is 23.1 Å². The lowest BCUT2D eigenvalue weighted by molar-refractivity contribution is -0.384. The van der Waals surface area contributed by atoms with E-state index >= 15 is 0 Å². The Balaban J connectivity index is 2.03. The highest BCUT2D eigenvalue weighted by atomic mass is 16.6. The maximum absolute atomic E-state index is 10.6. The van der Waals surface area contributed by atoms with Crippen molar-refractivity contribution in [3.63, 3.8) is 0 Å². The van der Waals surface area contributed by atoms with Gasteiger partial charge in [-0.15, -0.1) is 0 Å². The Morgan fingerprint density at radius 2 is 1.85 bits per heavy atom. The first kappa shape index (κ1) is 12.2. The number of furan rings is 1. The minimum Gasteiger partial charge on any atom is -0.497 e. The summed E-state index contributed by atoms with van der Waals surface area (Å²) >= 11 is 0. The molecular formula is C15H11NO4. The number of benzene rings is 2. The summed E-state index contributed by atoms with van der Waals surface area (Å²) in [7, 11) is 1.61. The monoisotopic (exact) mass is 269 g/mol. The predicted molar refractivity (Wildman–Crippen MR) is 74.9 cm³/mol. The number of fused-ring (bicyclic) bond motifs is 1. The van der Waals surface area contributed by atoms with Gasteiger partial charge in [-0.3, -0.25) is 10.1 Å². The number of non-ortho nitro benzene ring substituents is 1. The highest BCUT2D eigenvalue weighted by Gasteiger charge is 2.09. The number of hydrogen-bond acceptors (Lipinski definition) is 4. The van der Waals surface area contributed by atoms with Crippen LogP contribution in [0.15, 0.2) is 52.9 Å². The zero-order chi connectivity index (χ0) is 14.1. The van der Waals surface area contributed by atoms with E-state index in [1.165, 1.54) is 12.1 Å². The third-order valence-corrected chi connectivity index (χ3v) is 3.09. The number of rotatable bonds is 3. The van der Waals surface area contributed by atoms with Crippen LogP contribution in [0.5, 0.6) is 5.75 Å². The van der Waals surface area contributed by atoms with Crippen molar-refractivity contribution in [1.29, 1.82) is 0 Å². The molecule has 0 N–H and O–H groups in total. The summed E-state index contributed by atoms with van der Waals surface area (Å²) < 4.78 is 10.9. The third-order valence-electron chi connectivity index (χ3n) is 3.09. The lowest BCUT2D eigenvalue weighted by atomic mass is 10.1. The molecule has 1 heterocycles. The molecule has 0 fully saturated rings. The molecule has 0 saturated heterocycles. The summed E-state index contributed by atoms with van der Waals surface area (Å²) in [5.41, 5.74) is 1.61. The SMILES string of the molecule is COc1ccc2oc(-c3ccc([N+](=O)[O-])cc3)cc2c1. The van der Waals surface area contributed by atoms with E-state index in [4.69, 9.17) is 9.15 Å². The third kappa shape index (κ3) is 2.09. The Morgan fingerprint density at radius 3 is 2.50 bits per heavy atom. The van der Waals surface area contributed by atoms with Crippen molar-refractivity contribution in [3.05, 3.63) is 58.6 Å². The second-order valence-corrected chi connectivity index (χ2v) is 4.32. The highest BCUT2D eigenvalue weighted by molar-refractivity contribution is 5.84. The fourth-order valence-corrected chi connectivity index (χ4v) is 2.04. The minimum absolute atomic E-state index is 0.0616. The topological polar surface area (TPSA) is 65.5 Å². The van der Waals surface area contributed by atoms with Crippen LogP contribution in [0.1, 0.15) is 0 Å². The summed E-state index contributed by atoms with van der Waals surface area (Å²) in [6, 6.07) is 13.7. The lowest BCUT2D eigenvalue weighted by Crippen LogP contribution is -1.86. The standard InChI is InChI=1S/C15H11NO4/c1-19-13-6-7-14-11(8-13)9-15(20-14)10-2-4-12(5-3-10)16(17)18/h2-9H,1H3. The molecule has 0 aliphatic rings. The number of nitro groups is 1. The fourth-order valence-electron chi connectivity index (χ4n) is 2.04. The Hall–Kier alpha value is -2.82. The van der Waals surface area contributed by atoms with E-state index in [0.717, 1.165) is 22.3 Å². The molecule has 1 aromatic heterocycles.